The molecule has 2 aromatic carbocycles. The molecule has 0 saturated carbocycles. The van der Waals surface area contributed by atoms with E-state index in [1.807, 2.05) is 79.2 Å². The van der Waals surface area contributed by atoms with Gasteiger partial charge in [-0.2, -0.15) is 4.57 Å². The summed E-state index contributed by atoms with van der Waals surface area (Å²) in [4.78, 5) is 5.04. The number of ether oxygens (including phenoxy) is 1. The van der Waals surface area contributed by atoms with Crippen LogP contribution in [0.5, 0.6) is 11.6 Å². The SMILES string of the molecule is COc1ccc(C2=C(C)C(=Nc3c(C)c(C)n(-c4ccccc4)c3O)c3cccc[n+]32)cc1. The zero-order valence-corrected chi connectivity index (χ0v) is 19.2. The average molecular weight is 437 g/mol. The van der Waals surface area contributed by atoms with Gasteiger partial charge in [0.1, 0.15) is 17.1 Å². The number of aromatic hydroxyl groups is 1. The molecule has 3 heterocycles. The van der Waals surface area contributed by atoms with Gasteiger partial charge in [-0.1, -0.05) is 18.2 Å². The predicted octanol–water partition coefficient (Wildman–Crippen LogP) is 5.51. The summed E-state index contributed by atoms with van der Waals surface area (Å²) in [6.07, 6.45) is 2.05. The highest BCUT2D eigenvalue weighted by Gasteiger charge is 2.35. The van der Waals surface area contributed by atoms with Crippen LogP contribution < -0.4 is 9.30 Å². The Morgan fingerprint density at radius 3 is 2.27 bits per heavy atom. The number of pyridine rings is 1. The second-order valence-electron chi connectivity index (χ2n) is 8.17. The second kappa shape index (κ2) is 8.10. The van der Waals surface area contributed by atoms with Crippen LogP contribution in [0, 0.1) is 13.8 Å². The number of allylic oxidation sites excluding steroid dienone is 1. The number of hydrogen-bond acceptors (Lipinski definition) is 3. The minimum atomic E-state index is 0.150. The summed E-state index contributed by atoms with van der Waals surface area (Å²) < 4.78 is 9.34. The number of hydrogen-bond donors (Lipinski definition) is 1. The van der Waals surface area contributed by atoms with Gasteiger partial charge in [-0.25, -0.2) is 4.99 Å². The highest BCUT2D eigenvalue weighted by molar-refractivity contribution is 6.17. The molecule has 2 aromatic heterocycles. The lowest BCUT2D eigenvalue weighted by molar-refractivity contribution is -0.577. The van der Waals surface area contributed by atoms with Crippen LogP contribution >= 0.6 is 0 Å². The lowest BCUT2D eigenvalue weighted by Gasteiger charge is -2.07. The summed E-state index contributed by atoms with van der Waals surface area (Å²) in [5.74, 6) is 0.970. The maximum absolute atomic E-state index is 11.2. The van der Waals surface area contributed by atoms with Gasteiger partial charge in [0, 0.05) is 29.1 Å². The van der Waals surface area contributed by atoms with Crippen molar-refractivity contribution < 1.29 is 14.4 Å². The van der Waals surface area contributed by atoms with E-state index in [-0.39, 0.29) is 5.88 Å². The number of para-hydroxylation sites is 1. The molecule has 0 aliphatic carbocycles. The van der Waals surface area contributed by atoms with Crippen molar-refractivity contribution >= 4 is 17.1 Å². The number of rotatable bonds is 4. The first kappa shape index (κ1) is 20.8. The molecular weight excluding hydrogens is 410 g/mol. The van der Waals surface area contributed by atoms with Crippen molar-refractivity contribution in [2.45, 2.75) is 20.8 Å². The molecule has 1 aliphatic rings. The highest BCUT2D eigenvalue weighted by atomic mass is 16.5. The van der Waals surface area contributed by atoms with Crippen molar-refractivity contribution in [2.24, 2.45) is 4.99 Å². The van der Waals surface area contributed by atoms with Crippen molar-refractivity contribution in [3.05, 3.63) is 107 Å². The molecule has 0 radical (unpaired) electrons. The van der Waals surface area contributed by atoms with Gasteiger partial charge in [0.25, 0.3) is 0 Å². The van der Waals surface area contributed by atoms with E-state index in [1.54, 1.807) is 7.11 Å². The highest BCUT2D eigenvalue weighted by Crippen LogP contribution is 2.39. The third-order valence-electron chi connectivity index (χ3n) is 6.31. The summed E-state index contributed by atoms with van der Waals surface area (Å²) >= 11 is 0. The van der Waals surface area contributed by atoms with E-state index in [1.165, 1.54) is 0 Å². The number of aliphatic imine (C=N–C) groups is 1. The quantitative estimate of drug-likeness (QED) is 0.429. The molecule has 0 atom stereocenters. The molecule has 0 unspecified atom stereocenters. The molecule has 0 amide bonds. The van der Waals surface area contributed by atoms with Gasteiger partial charge < -0.3 is 9.84 Å². The number of benzene rings is 2. The van der Waals surface area contributed by atoms with Gasteiger partial charge in [0.05, 0.1) is 12.7 Å². The van der Waals surface area contributed by atoms with Crippen molar-refractivity contribution in [2.75, 3.05) is 7.11 Å². The van der Waals surface area contributed by atoms with E-state index < -0.39 is 0 Å². The summed E-state index contributed by atoms with van der Waals surface area (Å²) in [5, 5.41) is 11.2. The largest absolute Gasteiger partial charge is 0.497 e. The fraction of sp³-hybridized carbons (Fsp3) is 0.143. The van der Waals surface area contributed by atoms with Crippen LogP contribution in [-0.2, 0) is 0 Å². The predicted molar refractivity (Wildman–Crippen MR) is 131 cm³/mol. The maximum Gasteiger partial charge on any atom is 0.237 e. The number of aromatic nitrogens is 2. The Balaban J connectivity index is 1.70. The van der Waals surface area contributed by atoms with Gasteiger partial charge in [-0.15, -0.1) is 0 Å². The molecule has 1 aliphatic heterocycles. The molecule has 0 spiro atoms. The molecule has 5 heteroatoms. The van der Waals surface area contributed by atoms with Gasteiger partial charge in [0.2, 0.25) is 17.3 Å². The van der Waals surface area contributed by atoms with Crippen LogP contribution in [0.15, 0.2) is 89.6 Å². The molecule has 5 nitrogen and oxygen atoms in total. The summed E-state index contributed by atoms with van der Waals surface area (Å²) in [7, 11) is 1.67. The van der Waals surface area contributed by atoms with E-state index in [0.717, 1.165) is 50.9 Å². The Morgan fingerprint density at radius 2 is 1.58 bits per heavy atom. The smallest absolute Gasteiger partial charge is 0.237 e. The molecular formula is C28H26N3O2+. The molecule has 0 bridgehead atoms. The van der Waals surface area contributed by atoms with Crippen LogP contribution in [0.1, 0.15) is 29.4 Å². The van der Waals surface area contributed by atoms with Crippen molar-refractivity contribution in [3.63, 3.8) is 0 Å². The first-order valence-electron chi connectivity index (χ1n) is 10.9. The zero-order valence-electron chi connectivity index (χ0n) is 19.2. The van der Waals surface area contributed by atoms with E-state index in [9.17, 15) is 5.11 Å². The fourth-order valence-corrected chi connectivity index (χ4v) is 4.47. The minimum Gasteiger partial charge on any atom is -0.497 e. The van der Waals surface area contributed by atoms with E-state index in [4.69, 9.17) is 9.73 Å². The maximum atomic E-state index is 11.2. The summed E-state index contributed by atoms with van der Waals surface area (Å²) in [5.41, 5.74) is 8.47. The third kappa shape index (κ3) is 3.33. The van der Waals surface area contributed by atoms with Crippen molar-refractivity contribution in [3.8, 4) is 17.3 Å². The first-order valence-corrected chi connectivity index (χ1v) is 10.9. The van der Waals surface area contributed by atoms with E-state index in [0.29, 0.717) is 5.69 Å². The molecule has 164 valence electrons. The molecule has 5 rings (SSSR count). The molecule has 33 heavy (non-hydrogen) atoms. The standard InChI is InChI=1S/C28H25N3O2/c1-18-20(3)31(22-10-6-5-7-11-22)28(32)26(18)29-25-19(2)27(30-17-9-8-12-24(25)30)21-13-15-23(33-4)16-14-21/h5-17H,1-4H3/p+1. The van der Waals surface area contributed by atoms with Crippen molar-refractivity contribution in [1.29, 1.82) is 0 Å². The average Bonchev–Trinajstić information content (AvgIpc) is 3.24. The van der Waals surface area contributed by atoms with Crippen LogP contribution in [-0.4, -0.2) is 22.5 Å². The molecule has 0 saturated heterocycles. The third-order valence-corrected chi connectivity index (χ3v) is 6.31. The number of fused-ring (bicyclic) bond motifs is 1. The van der Waals surface area contributed by atoms with Crippen LogP contribution in [0.25, 0.3) is 11.4 Å². The van der Waals surface area contributed by atoms with Gasteiger partial charge in [-0.05, 0) is 68.8 Å². The summed E-state index contributed by atoms with van der Waals surface area (Å²) in [6, 6.07) is 24.0. The van der Waals surface area contributed by atoms with E-state index in [2.05, 4.69) is 29.7 Å². The normalized spacial score (nSPS) is 14.1. The minimum absolute atomic E-state index is 0.150. The Hall–Kier alpha value is -4.12. The first-order chi connectivity index (χ1) is 16.0. The summed E-state index contributed by atoms with van der Waals surface area (Å²) in [6.45, 7) is 6.10. The Kier molecular flexibility index (Phi) is 5.09. The lowest BCUT2D eigenvalue weighted by Crippen LogP contribution is -2.34. The van der Waals surface area contributed by atoms with Crippen LogP contribution in [0.4, 0.5) is 5.69 Å². The van der Waals surface area contributed by atoms with Crippen molar-refractivity contribution in [1.82, 2.24) is 4.57 Å². The Labute approximate surface area is 193 Å². The monoisotopic (exact) mass is 436 g/mol. The van der Waals surface area contributed by atoms with Gasteiger partial charge in [0.15, 0.2) is 6.20 Å². The second-order valence-corrected chi connectivity index (χ2v) is 8.17. The molecule has 1 N–H and O–H groups in total. The Morgan fingerprint density at radius 1 is 0.879 bits per heavy atom. The topological polar surface area (TPSA) is 50.6 Å². The molecule has 4 aromatic rings. The molecule has 0 fully saturated rings. The number of nitrogens with zero attached hydrogens (tertiary/aromatic N) is 3. The van der Waals surface area contributed by atoms with Crippen LogP contribution in [0.3, 0.4) is 0 Å². The lowest BCUT2D eigenvalue weighted by atomic mass is 10.1. The zero-order chi connectivity index (χ0) is 23.1. The fourth-order valence-electron chi connectivity index (χ4n) is 4.47. The van der Waals surface area contributed by atoms with Gasteiger partial charge in [-0.3, -0.25) is 4.57 Å². The number of methoxy groups -OCH3 is 1. The van der Waals surface area contributed by atoms with E-state index >= 15 is 0 Å². The Bertz CT molecular complexity index is 1410. The van der Waals surface area contributed by atoms with Crippen LogP contribution in [0.2, 0.25) is 0 Å². The van der Waals surface area contributed by atoms with Gasteiger partial charge >= 0.3 is 0 Å².